The van der Waals surface area contributed by atoms with Crippen LogP contribution in [0.15, 0.2) is 78.9 Å². The maximum atomic E-state index is 2.34. The van der Waals surface area contributed by atoms with Gasteiger partial charge < -0.3 is 0 Å². The van der Waals surface area contributed by atoms with Gasteiger partial charge in [-0.15, -0.1) is 0 Å². The van der Waals surface area contributed by atoms with Crippen molar-refractivity contribution in [1.29, 1.82) is 0 Å². The van der Waals surface area contributed by atoms with Crippen LogP contribution in [0.2, 0.25) is 0 Å². The van der Waals surface area contributed by atoms with Crippen molar-refractivity contribution in [3.05, 3.63) is 107 Å². The van der Waals surface area contributed by atoms with Crippen molar-refractivity contribution in [2.75, 3.05) is 0 Å². The summed E-state index contributed by atoms with van der Waals surface area (Å²) < 4.78 is 0. The average Bonchev–Trinajstić information content (AvgIpc) is 2.57. The quantitative estimate of drug-likeness (QED) is 0.579. The minimum absolute atomic E-state index is 0.405. The number of rotatable bonds is 4. The van der Waals surface area contributed by atoms with Crippen LogP contribution in [0.25, 0.3) is 0 Å². The van der Waals surface area contributed by atoms with Gasteiger partial charge in [0.25, 0.3) is 0 Å². The maximum Gasteiger partial charge on any atom is 0.0130 e. The molecule has 0 aliphatic carbocycles. The molecule has 0 spiro atoms. The first kappa shape index (κ1) is 14.6. The predicted molar refractivity (Wildman–Crippen MR) is 94.3 cm³/mol. The zero-order chi connectivity index (χ0) is 15.4. The van der Waals surface area contributed by atoms with Gasteiger partial charge in [0.1, 0.15) is 0 Å². The predicted octanol–water partition coefficient (Wildman–Crippen LogP) is 5.68. The molecular weight excluding hydrogens is 264 g/mol. The molecule has 0 N–H and O–H groups in total. The van der Waals surface area contributed by atoms with Crippen LogP contribution in [0, 0.1) is 13.8 Å². The van der Waals surface area contributed by atoms with Gasteiger partial charge in [-0.05, 0) is 48.1 Å². The van der Waals surface area contributed by atoms with Crippen molar-refractivity contribution in [1.82, 2.24) is 0 Å². The molecule has 0 bridgehead atoms. The Hall–Kier alpha value is -2.34. The SMILES string of the molecule is Cc1ccc(C(Cc2ccccc2)c2ccccc2)cc1C. The fourth-order valence-electron chi connectivity index (χ4n) is 2.94. The number of hydrogen-bond acceptors (Lipinski definition) is 0. The molecule has 0 heteroatoms. The van der Waals surface area contributed by atoms with Gasteiger partial charge in [-0.1, -0.05) is 78.9 Å². The fourth-order valence-corrected chi connectivity index (χ4v) is 2.94. The molecule has 3 aromatic carbocycles. The minimum atomic E-state index is 0.405. The van der Waals surface area contributed by atoms with Crippen molar-refractivity contribution in [3.8, 4) is 0 Å². The van der Waals surface area contributed by atoms with E-state index in [0.29, 0.717) is 5.92 Å². The largest absolute Gasteiger partial charge is 0.0622 e. The lowest BCUT2D eigenvalue weighted by atomic mass is 9.85. The van der Waals surface area contributed by atoms with Crippen LogP contribution >= 0.6 is 0 Å². The Bertz CT molecular complexity index is 727. The van der Waals surface area contributed by atoms with E-state index in [-0.39, 0.29) is 0 Å². The van der Waals surface area contributed by atoms with Crippen molar-refractivity contribution >= 4 is 0 Å². The molecule has 3 aromatic rings. The summed E-state index contributed by atoms with van der Waals surface area (Å²) in [6.07, 6.45) is 1.04. The van der Waals surface area contributed by atoms with Crippen LogP contribution in [0.1, 0.15) is 33.7 Å². The zero-order valence-electron chi connectivity index (χ0n) is 13.3. The molecule has 0 aliphatic heterocycles. The fraction of sp³-hybridized carbons (Fsp3) is 0.182. The van der Waals surface area contributed by atoms with Crippen LogP contribution in [0.3, 0.4) is 0 Å². The second-order valence-corrected chi connectivity index (χ2v) is 6.00. The van der Waals surface area contributed by atoms with Crippen LogP contribution < -0.4 is 0 Å². The van der Waals surface area contributed by atoms with Gasteiger partial charge in [0.2, 0.25) is 0 Å². The number of aryl methyl sites for hydroxylation is 2. The van der Waals surface area contributed by atoms with Gasteiger partial charge >= 0.3 is 0 Å². The van der Waals surface area contributed by atoms with Gasteiger partial charge in [0.15, 0.2) is 0 Å². The minimum Gasteiger partial charge on any atom is -0.0622 e. The highest BCUT2D eigenvalue weighted by Crippen LogP contribution is 2.29. The highest BCUT2D eigenvalue weighted by atomic mass is 14.2. The van der Waals surface area contributed by atoms with E-state index < -0.39 is 0 Å². The van der Waals surface area contributed by atoms with Gasteiger partial charge in [-0.3, -0.25) is 0 Å². The van der Waals surface area contributed by atoms with E-state index in [1.54, 1.807) is 0 Å². The molecule has 0 fully saturated rings. The van der Waals surface area contributed by atoms with Gasteiger partial charge in [0, 0.05) is 5.92 Å². The van der Waals surface area contributed by atoms with Crippen LogP contribution in [-0.2, 0) is 6.42 Å². The summed E-state index contributed by atoms with van der Waals surface area (Å²) in [6, 6.07) is 28.5. The third-order valence-electron chi connectivity index (χ3n) is 4.42. The Morgan fingerprint density at radius 2 is 1.27 bits per heavy atom. The molecule has 1 atom stereocenters. The molecule has 0 radical (unpaired) electrons. The lowest BCUT2D eigenvalue weighted by molar-refractivity contribution is 0.803. The van der Waals surface area contributed by atoms with Crippen LogP contribution in [-0.4, -0.2) is 0 Å². The smallest absolute Gasteiger partial charge is 0.0130 e. The standard InChI is InChI=1S/C22H22/c1-17-13-14-21(15-18(17)2)22(20-11-7-4-8-12-20)16-19-9-5-3-6-10-19/h3-15,22H,16H2,1-2H3. The summed E-state index contributed by atoms with van der Waals surface area (Å²) in [5, 5.41) is 0. The van der Waals surface area contributed by atoms with Crippen molar-refractivity contribution in [2.24, 2.45) is 0 Å². The summed E-state index contributed by atoms with van der Waals surface area (Å²) in [7, 11) is 0. The first-order chi connectivity index (χ1) is 10.7. The highest BCUT2D eigenvalue weighted by Gasteiger charge is 2.15. The molecule has 1 unspecified atom stereocenters. The van der Waals surface area contributed by atoms with Gasteiger partial charge in [-0.2, -0.15) is 0 Å². The summed E-state index contributed by atoms with van der Waals surface area (Å²) >= 11 is 0. The van der Waals surface area contributed by atoms with Gasteiger partial charge in [-0.25, -0.2) is 0 Å². The van der Waals surface area contributed by atoms with E-state index in [1.807, 2.05) is 0 Å². The Balaban J connectivity index is 2.01. The average molecular weight is 286 g/mol. The lowest BCUT2D eigenvalue weighted by Crippen LogP contribution is -2.05. The molecule has 0 aromatic heterocycles. The lowest BCUT2D eigenvalue weighted by Gasteiger charge is -2.19. The second kappa shape index (κ2) is 6.62. The third-order valence-corrected chi connectivity index (χ3v) is 4.42. The zero-order valence-corrected chi connectivity index (χ0v) is 13.3. The monoisotopic (exact) mass is 286 g/mol. The van der Waals surface area contributed by atoms with Gasteiger partial charge in [0.05, 0.1) is 0 Å². The molecule has 0 nitrogen and oxygen atoms in total. The molecule has 22 heavy (non-hydrogen) atoms. The van der Waals surface area contributed by atoms with Crippen molar-refractivity contribution in [3.63, 3.8) is 0 Å². The maximum absolute atomic E-state index is 2.34. The Morgan fingerprint density at radius 1 is 0.636 bits per heavy atom. The molecule has 0 saturated heterocycles. The van der Waals surface area contributed by atoms with Crippen molar-refractivity contribution in [2.45, 2.75) is 26.2 Å². The van der Waals surface area contributed by atoms with E-state index in [1.165, 1.54) is 27.8 Å². The highest BCUT2D eigenvalue weighted by molar-refractivity contribution is 5.39. The molecule has 0 heterocycles. The Kier molecular flexibility index (Phi) is 4.39. The topological polar surface area (TPSA) is 0 Å². The van der Waals surface area contributed by atoms with E-state index in [0.717, 1.165) is 6.42 Å². The molecular formula is C22H22. The van der Waals surface area contributed by atoms with Crippen LogP contribution in [0.5, 0.6) is 0 Å². The Morgan fingerprint density at radius 3 is 1.91 bits per heavy atom. The Labute approximate surface area is 133 Å². The first-order valence-electron chi connectivity index (χ1n) is 7.90. The van der Waals surface area contributed by atoms with E-state index in [2.05, 4.69) is 92.7 Å². The molecule has 0 amide bonds. The number of hydrogen-bond donors (Lipinski definition) is 0. The second-order valence-electron chi connectivity index (χ2n) is 6.00. The summed E-state index contributed by atoms with van der Waals surface area (Å²) in [4.78, 5) is 0. The molecule has 3 rings (SSSR count). The molecule has 110 valence electrons. The van der Waals surface area contributed by atoms with Crippen LogP contribution in [0.4, 0.5) is 0 Å². The van der Waals surface area contributed by atoms with Crippen molar-refractivity contribution < 1.29 is 0 Å². The normalized spacial score (nSPS) is 12.1. The summed E-state index contributed by atoms with van der Waals surface area (Å²) in [5.41, 5.74) is 6.89. The first-order valence-corrected chi connectivity index (χ1v) is 7.90. The van der Waals surface area contributed by atoms with E-state index in [9.17, 15) is 0 Å². The number of benzene rings is 3. The summed E-state index contributed by atoms with van der Waals surface area (Å²) in [6.45, 7) is 4.37. The van der Waals surface area contributed by atoms with E-state index in [4.69, 9.17) is 0 Å². The third kappa shape index (κ3) is 3.28. The molecule has 0 saturated carbocycles. The van der Waals surface area contributed by atoms with E-state index >= 15 is 0 Å². The molecule has 0 aliphatic rings. The summed E-state index contributed by atoms with van der Waals surface area (Å²) in [5.74, 6) is 0.405.